The molecular formula is C13H16N2O3. The minimum Gasteiger partial charge on any atom is -0.478 e. The fraction of sp³-hybridized carbons (Fsp3) is 0.385. The fourth-order valence-electron chi connectivity index (χ4n) is 1.79. The topological polar surface area (TPSA) is 78.4 Å². The Labute approximate surface area is 105 Å². The zero-order chi connectivity index (χ0) is 13.3. The summed E-state index contributed by atoms with van der Waals surface area (Å²) in [7, 11) is 0. The van der Waals surface area contributed by atoms with Crippen molar-refractivity contribution in [1.29, 1.82) is 0 Å². The molecule has 5 heteroatoms. The smallest absolute Gasteiger partial charge is 0.337 e. The number of amides is 2. The van der Waals surface area contributed by atoms with Gasteiger partial charge < -0.3 is 15.7 Å². The Morgan fingerprint density at radius 3 is 2.61 bits per heavy atom. The second-order valence-electron chi connectivity index (χ2n) is 4.77. The molecule has 1 fully saturated rings. The van der Waals surface area contributed by atoms with Gasteiger partial charge in [-0.2, -0.15) is 0 Å². The van der Waals surface area contributed by atoms with Gasteiger partial charge in [0.05, 0.1) is 11.3 Å². The van der Waals surface area contributed by atoms with Crippen molar-refractivity contribution < 1.29 is 14.7 Å². The van der Waals surface area contributed by atoms with E-state index in [-0.39, 0.29) is 17.6 Å². The number of hydrogen-bond donors (Lipinski definition) is 3. The second kappa shape index (κ2) is 4.68. The van der Waals surface area contributed by atoms with Crippen LogP contribution in [0.2, 0.25) is 0 Å². The van der Waals surface area contributed by atoms with Crippen molar-refractivity contribution in [3.8, 4) is 0 Å². The molecular weight excluding hydrogens is 232 g/mol. The van der Waals surface area contributed by atoms with Gasteiger partial charge in [0.2, 0.25) is 0 Å². The number of benzene rings is 1. The lowest BCUT2D eigenvalue weighted by Crippen LogP contribution is -2.31. The van der Waals surface area contributed by atoms with Crippen LogP contribution < -0.4 is 10.6 Å². The highest BCUT2D eigenvalue weighted by molar-refractivity contribution is 6.00. The number of anilines is 1. The summed E-state index contributed by atoms with van der Waals surface area (Å²) in [5.41, 5.74) is 1.27. The van der Waals surface area contributed by atoms with Gasteiger partial charge in [-0.05, 0) is 31.4 Å². The highest BCUT2D eigenvalue weighted by Gasteiger charge is 2.33. The van der Waals surface area contributed by atoms with Crippen molar-refractivity contribution in [2.45, 2.75) is 26.3 Å². The zero-order valence-corrected chi connectivity index (χ0v) is 10.4. The number of carboxylic acids is 1. The van der Waals surface area contributed by atoms with Crippen molar-refractivity contribution in [2.75, 3.05) is 5.32 Å². The van der Waals surface area contributed by atoms with E-state index in [0.717, 1.165) is 12.0 Å². The first kappa shape index (κ1) is 12.4. The van der Waals surface area contributed by atoms with Crippen LogP contribution in [0.3, 0.4) is 0 Å². The molecule has 2 atom stereocenters. The number of urea groups is 1. The highest BCUT2D eigenvalue weighted by atomic mass is 16.4. The molecule has 0 heterocycles. The number of carbonyl (C=O) groups excluding carboxylic acids is 1. The van der Waals surface area contributed by atoms with Crippen LogP contribution in [0.5, 0.6) is 0 Å². The van der Waals surface area contributed by atoms with E-state index in [1.807, 2.05) is 6.92 Å². The van der Waals surface area contributed by atoms with Crippen LogP contribution in [0.15, 0.2) is 18.2 Å². The first-order valence-electron chi connectivity index (χ1n) is 5.89. The number of carboxylic acid groups (broad SMARTS) is 1. The summed E-state index contributed by atoms with van der Waals surface area (Å²) in [6.45, 7) is 3.86. The maximum absolute atomic E-state index is 11.7. The molecule has 1 aliphatic rings. The molecule has 2 amide bonds. The summed E-state index contributed by atoms with van der Waals surface area (Å²) in [6, 6.07) is 4.77. The molecule has 96 valence electrons. The Kier molecular flexibility index (Phi) is 3.23. The molecule has 1 aliphatic carbocycles. The summed E-state index contributed by atoms with van der Waals surface area (Å²) in [5.74, 6) is -0.540. The minimum absolute atomic E-state index is 0.106. The van der Waals surface area contributed by atoms with E-state index >= 15 is 0 Å². The van der Waals surface area contributed by atoms with Crippen LogP contribution in [0.4, 0.5) is 10.5 Å². The van der Waals surface area contributed by atoms with E-state index in [9.17, 15) is 9.59 Å². The monoisotopic (exact) mass is 248 g/mol. The van der Waals surface area contributed by atoms with Crippen molar-refractivity contribution in [1.82, 2.24) is 5.32 Å². The van der Waals surface area contributed by atoms with Gasteiger partial charge in [0.1, 0.15) is 0 Å². The molecule has 2 rings (SSSR count). The number of carbonyl (C=O) groups is 2. The third kappa shape index (κ3) is 2.80. The number of aryl methyl sites for hydroxylation is 1. The number of rotatable bonds is 3. The first-order valence-corrected chi connectivity index (χ1v) is 5.89. The largest absolute Gasteiger partial charge is 0.478 e. The third-order valence-corrected chi connectivity index (χ3v) is 3.08. The van der Waals surface area contributed by atoms with Crippen LogP contribution in [-0.4, -0.2) is 23.1 Å². The van der Waals surface area contributed by atoms with Crippen molar-refractivity contribution >= 4 is 17.7 Å². The molecule has 1 aromatic rings. The van der Waals surface area contributed by atoms with E-state index in [4.69, 9.17) is 5.11 Å². The average molecular weight is 248 g/mol. The third-order valence-electron chi connectivity index (χ3n) is 3.08. The maximum Gasteiger partial charge on any atom is 0.337 e. The lowest BCUT2D eigenvalue weighted by molar-refractivity contribution is 0.0698. The number of hydrogen-bond acceptors (Lipinski definition) is 2. The van der Waals surface area contributed by atoms with E-state index in [2.05, 4.69) is 17.6 Å². The summed E-state index contributed by atoms with van der Waals surface area (Å²) in [5, 5.41) is 14.4. The molecule has 0 aliphatic heterocycles. The number of aromatic carboxylic acids is 1. The van der Waals surface area contributed by atoms with Crippen molar-refractivity contribution in [2.24, 2.45) is 5.92 Å². The fourth-order valence-corrected chi connectivity index (χ4v) is 1.79. The average Bonchev–Trinajstić information content (AvgIpc) is 2.96. The predicted octanol–water partition coefficient (Wildman–Crippen LogP) is 2.22. The van der Waals surface area contributed by atoms with E-state index in [1.165, 1.54) is 6.07 Å². The standard InChI is InChI=1S/C13H16N2O3/c1-7-3-4-10(9(5-7)12(16)17)14-13(18)15-11-6-8(11)2/h3-5,8,11H,6H2,1-2H3,(H,16,17)(H2,14,15,18). The summed E-state index contributed by atoms with van der Waals surface area (Å²) in [4.78, 5) is 22.7. The van der Waals surface area contributed by atoms with Crippen LogP contribution in [0, 0.1) is 12.8 Å². The highest BCUT2D eigenvalue weighted by Crippen LogP contribution is 2.29. The molecule has 1 saturated carbocycles. The normalized spacial score (nSPS) is 21.2. The Morgan fingerprint density at radius 2 is 2.06 bits per heavy atom. The summed E-state index contributed by atoms with van der Waals surface area (Å²) in [6.07, 6.45) is 0.979. The van der Waals surface area contributed by atoms with Gasteiger partial charge in [-0.25, -0.2) is 9.59 Å². The molecule has 0 aromatic heterocycles. The molecule has 0 saturated heterocycles. The quantitative estimate of drug-likeness (QED) is 0.767. The van der Waals surface area contributed by atoms with Crippen LogP contribution in [0.1, 0.15) is 29.3 Å². The summed E-state index contributed by atoms with van der Waals surface area (Å²) < 4.78 is 0. The minimum atomic E-state index is -1.05. The molecule has 0 spiro atoms. The van der Waals surface area contributed by atoms with Crippen molar-refractivity contribution in [3.63, 3.8) is 0 Å². The summed E-state index contributed by atoms with van der Waals surface area (Å²) >= 11 is 0. The van der Waals surface area contributed by atoms with Gasteiger partial charge in [0, 0.05) is 6.04 Å². The van der Waals surface area contributed by atoms with Crippen LogP contribution >= 0.6 is 0 Å². The predicted molar refractivity (Wildman–Crippen MR) is 67.9 cm³/mol. The second-order valence-corrected chi connectivity index (χ2v) is 4.77. The number of nitrogens with one attached hydrogen (secondary N) is 2. The van der Waals surface area contributed by atoms with Gasteiger partial charge in [0.15, 0.2) is 0 Å². The van der Waals surface area contributed by atoms with Gasteiger partial charge in [-0.3, -0.25) is 0 Å². The molecule has 2 unspecified atom stereocenters. The van der Waals surface area contributed by atoms with Crippen LogP contribution in [-0.2, 0) is 0 Å². The van der Waals surface area contributed by atoms with Gasteiger partial charge >= 0.3 is 12.0 Å². The Morgan fingerprint density at radius 1 is 1.39 bits per heavy atom. The first-order chi connectivity index (χ1) is 8.47. The molecule has 5 nitrogen and oxygen atoms in total. The molecule has 1 aromatic carbocycles. The SMILES string of the molecule is Cc1ccc(NC(=O)NC2CC2C)c(C(=O)O)c1. The lowest BCUT2D eigenvalue weighted by atomic mass is 10.1. The maximum atomic E-state index is 11.7. The lowest BCUT2D eigenvalue weighted by Gasteiger charge is -2.10. The molecule has 0 radical (unpaired) electrons. The molecule has 0 bridgehead atoms. The van der Waals surface area contributed by atoms with Gasteiger partial charge in [-0.15, -0.1) is 0 Å². The van der Waals surface area contributed by atoms with Gasteiger partial charge in [-0.1, -0.05) is 18.6 Å². The van der Waals surface area contributed by atoms with Crippen molar-refractivity contribution in [3.05, 3.63) is 29.3 Å². The zero-order valence-electron chi connectivity index (χ0n) is 10.4. The molecule has 18 heavy (non-hydrogen) atoms. The molecule has 3 N–H and O–H groups in total. The Balaban J connectivity index is 2.08. The Hall–Kier alpha value is -2.04. The van der Waals surface area contributed by atoms with E-state index in [0.29, 0.717) is 11.6 Å². The van der Waals surface area contributed by atoms with E-state index < -0.39 is 5.97 Å². The Bertz CT molecular complexity index is 499. The van der Waals surface area contributed by atoms with Crippen LogP contribution in [0.25, 0.3) is 0 Å². The van der Waals surface area contributed by atoms with Gasteiger partial charge in [0.25, 0.3) is 0 Å². The van der Waals surface area contributed by atoms with E-state index in [1.54, 1.807) is 12.1 Å².